The summed E-state index contributed by atoms with van der Waals surface area (Å²) in [6, 6.07) is -3.93. The Bertz CT molecular complexity index is 982. The number of fused-ring (bicyclic) bond motifs is 3. The Morgan fingerprint density at radius 2 is 1.87 bits per heavy atom. The number of nitriles is 1. The van der Waals surface area contributed by atoms with E-state index in [1.54, 1.807) is 19.2 Å². The van der Waals surface area contributed by atoms with E-state index in [1.165, 1.54) is 0 Å². The molecule has 3 heterocycles. The summed E-state index contributed by atoms with van der Waals surface area (Å²) in [7, 11) is 0. The lowest BCUT2D eigenvalue weighted by molar-refractivity contribution is -0.196. The molecule has 1 saturated carbocycles. The number of nitrogens with zero attached hydrogens (tertiary/aromatic N) is 2. The molecule has 0 aromatic rings. The Morgan fingerprint density at radius 3 is 2.42 bits per heavy atom. The van der Waals surface area contributed by atoms with Gasteiger partial charge in [0.05, 0.1) is 12.0 Å². The first-order valence-electron chi connectivity index (χ1n) is 12.7. The highest BCUT2D eigenvalue weighted by Crippen LogP contribution is 2.49. The van der Waals surface area contributed by atoms with Crippen molar-refractivity contribution in [2.24, 2.45) is 17.8 Å². The molecule has 9 nitrogen and oxygen atoms in total. The molecule has 0 aromatic carbocycles. The molecule has 14 heteroatoms. The molecule has 4 aliphatic rings. The summed E-state index contributed by atoms with van der Waals surface area (Å²) in [5.41, 5.74) is 0. The molecule has 4 amide bonds. The molecule has 3 saturated heterocycles. The minimum absolute atomic E-state index is 0.0587. The second-order valence-electron chi connectivity index (χ2n) is 10.7. The van der Waals surface area contributed by atoms with Gasteiger partial charge in [-0.25, -0.2) is 8.78 Å². The summed E-state index contributed by atoms with van der Waals surface area (Å²) >= 11 is 0. The lowest BCUT2D eigenvalue weighted by Crippen LogP contribution is -2.71. The molecule has 1 aliphatic carbocycles. The van der Waals surface area contributed by atoms with E-state index in [0.717, 1.165) is 4.90 Å². The summed E-state index contributed by atoms with van der Waals surface area (Å²) in [4.78, 5) is 51.5. The van der Waals surface area contributed by atoms with Crippen LogP contribution in [0.25, 0.3) is 0 Å². The van der Waals surface area contributed by atoms with Crippen LogP contribution in [0.3, 0.4) is 0 Å². The van der Waals surface area contributed by atoms with E-state index in [-0.39, 0.29) is 37.5 Å². The van der Waals surface area contributed by atoms with Gasteiger partial charge in [0.1, 0.15) is 18.1 Å². The van der Waals surface area contributed by atoms with Gasteiger partial charge in [0.15, 0.2) is 0 Å². The zero-order chi connectivity index (χ0) is 28.4. The Kier molecular flexibility index (Phi) is 8.88. The van der Waals surface area contributed by atoms with Gasteiger partial charge in [-0.1, -0.05) is 13.8 Å². The van der Waals surface area contributed by atoms with Crippen molar-refractivity contribution in [3.8, 4) is 6.07 Å². The zero-order valence-corrected chi connectivity index (χ0v) is 21.1. The maximum absolute atomic E-state index is 14.9. The monoisotopic (exact) mass is 549 g/mol. The minimum Gasteiger partial charge on any atom is -0.356 e. The highest BCUT2D eigenvalue weighted by atomic mass is 19.4. The van der Waals surface area contributed by atoms with Gasteiger partial charge in [-0.2, -0.15) is 18.4 Å². The molecule has 212 valence electrons. The van der Waals surface area contributed by atoms with Crippen LogP contribution in [-0.4, -0.2) is 71.3 Å². The number of halogens is 5. The van der Waals surface area contributed by atoms with Crippen molar-refractivity contribution in [2.75, 3.05) is 6.54 Å². The third-order valence-corrected chi connectivity index (χ3v) is 7.42. The van der Waals surface area contributed by atoms with Gasteiger partial charge in [-0.3, -0.25) is 19.2 Å². The second-order valence-corrected chi connectivity index (χ2v) is 10.7. The third-order valence-electron chi connectivity index (χ3n) is 7.42. The molecule has 0 aromatic heterocycles. The minimum atomic E-state index is -5.27. The van der Waals surface area contributed by atoms with Gasteiger partial charge in [0, 0.05) is 24.9 Å². The van der Waals surface area contributed by atoms with Crippen LogP contribution in [0.5, 0.6) is 0 Å². The summed E-state index contributed by atoms with van der Waals surface area (Å²) < 4.78 is 68.7. The van der Waals surface area contributed by atoms with Crippen LogP contribution in [0.2, 0.25) is 0 Å². The van der Waals surface area contributed by atoms with Crippen molar-refractivity contribution in [3.63, 3.8) is 0 Å². The molecule has 4 fully saturated rings. The van der Waals surface area contributed by atoms with E-state index in [2.05, 4.69) is 10.6 Å². The van der Waals surface area contributed by atoms with Crippen molar-refractivity contribution in [1.29, 1.82) is 5.26 Å². The summed E-state index contributed by atoms with van der Waals surface area (Å²) in [6.07, 6.45) is -5.15. The zero-order valence-electron chi connectivity index (χ0n) is 21.1. The van der Waals surface area contributed by atoms with Crippen LogP contribution in [0.15, 0.2) is 0 Å². The van der Waals surface area contributed by atoms with Gasteiger partial charge in [-0.15, -0.1) is 0 Å². The Morgan fingerprint density at radius 1 is 1.18 bits per heavy atom. The molecule has 3 N–H and O–H groups in total. The van der Waals surface area contributed by atoms with Crippen molar-refractivity contribution in [1.82, 2.24) is 20.9 Å². The highest BCUT2D eigenvalue weighted by molar-refractivity contribution is 5.94. The molecule has 2 bridgehead atoms. The van der Waals surface area contributed by atoms with Crippen LogP contribution in [0.1, 0.15) is 58.8 Å². The SMILES string of the molecule is CC(C)C[C@H](NC(=O)C(F)(F)F)C(=O)N1[C@H]2CC[C@@H]([C@H]1C(=O)N[C@@H](C#N)C[C@H]1CCCNC1=O)C(F)(F)C2. The lowest BCUT2D eigenvalue weighted by Gasteiger charge is -2.54. The molecule has 38 heavy (non-hydrogen) atoms. The van der Waals surface area contributed by atoms with E-state index in [4.69, 9.17) is 0 Å². The lowest BCUT2D eigenvalue weighted by atomic mass is 9.71. The largest absolute Gasteiger partial charge is 0.471 e. The van der Waals surface area contributed by atoms with Gasteiger partial charge in [0.2, 0.25) is 17.7 Å². The van der Waals surface area contributed by atoms with Crippen molar-refractivity contribution in [3.05, 3.63) is 0 Å². The Labute approximate surface area is 216 Å². The number of rotatable bonds is 8. The number of hydrogen-bond acceptors (Lipinski definition) is 5. The quantitative estimate of drug-likeness (QED) is 0.399. The van der Waals surface area contributed by atoms with Crippen molar-refractivity contribution < 1.29 is 41.1 Å². The number of nitrogens with one attached hydrogen (secondary N) is 3. The van der Waals surface area contributed by atoms with E-state index in [9.17, 15) is 46.4 Å². The molecule has 4 rings (SSSR count). The van der Waals surface area contributed by atoms with E-state index in [0.29, 0.717) is 19.4 Å². The first kappa shape index (κ1) is 29.6. The fraction of sp³-hybridized carbons (Fsp3) is 0.792. The fourth-order valence-corrected chi connectivity index (χ4v) is 5.68. The van der Waals surface area contributed by atoms with Crippen LogP contribution >= 0.6 is 0 Å². The first-order valence-corrected chi connectivity index (χ1v) is 12.7. The van der Waals surface area contributed by atoms with E-state index >= 15 is 0 Å². The molecule has 0 spiro atoms. The molecular weight excluding hydrogens is 517 g/mol. The van der Waals surface area contributed by atoms with Gasteiger partial charge >= 0.3 is 12.1 Å². The normalized spacial score (nSPS) is 28.2. The highest BCUT2D eigenvalue weighted by Gasteiger charge is 2.61. The molecule has 0 radical (unpaired) electrons. The predicted octanol–water partition coefficient (Wildman–Crippen LogP) is 2.02. The number of carbonyl (C=O) groups is 4. The molecule has 0 unspecified atom stereocenters. The van der Waals surface area contributed by atoms with Crippen LogP contribution < -0.4 is 16.0 Å². The summed E-state index contributed by atoms with van der Waals surface area (Å²) in [6.45, 7) is 3.71. The maximum atomic E-state index is 14.9. The number of carbonyl (C=O) groups excluding carboxylic acids is 4. The van der Waals surface area contributed by atoms with Crippen LogP contribution in [-0.2, 0) is 19.2 Å². The number of amides is 4. The topological polar surface area (TPSA) is 131 Å². The number of alkyl halides is 5. The standard InChI is InChI=1S/C24H32F5N5O4/c1-12(2)8-17(33-22(38)24(27,28)29)21(37)34-15-5-6-16(23(25,26)10-15)18(34)20(36)32-14(11-30)9-13-4-3-7-31-19(13)35/h12-18H,3-10H2,1-2H3,(H,31,35)(H,32,36)(H,33,38)/t13-,14-,15+,16+,17+,18+/m1/s1. The second kappa shape index (κ2) is 11.4. The van der Waals surface area contributed by atoms with Crippen molar-refractivity contribution >= 4 is 23.6 Å². The Balaban J connectivity index is 1.87. The maximum Gasteiger partial charge on any atom is 0.471 e. The Hall–Kier alpha value is -2.98. The van der Waals surface area contributed by atoms with Gasteiger partial charge in [-0.05, 0) is 44.4 Å². The van der Waals surface area contributed by atoms with Crippen LogP contribution in [0.4, 0.5) is 22.0 Å². The van der Waals surface area contributed by atoms with E-state index in [1.807, 2.05) is 6.07 Å². The summed E-state index contributed by atoms with van der Waals surface area (Å²) in [5, 5.41) is 16.3. The van der Waals surface area contributed by atoms with Gasteiger partial charge < -0.3 is 20.9 Å². The molecular formula is C24H32F5N5O4. The molecule has 6 atom stereocenters. The molecule has 3 aliphatic heterocycles. The van der Waals surface area contributed by atoms with Crippen molar-refractivity contribution in [2.45, 2.75) is 95.1 Å². The third kappa shape index (κ3) is 6.53. The van der Waals surface area contributed by atoms with Gasteiger partial charge in [0.25, 0.3) is 5.92 Å². The van der Waals surface area contributed by atoms with Crippen LogP contribution in [0, 0.1) is 29.1 Å². The summed E-state index contributed by atoms with van der Waals surface area (Å²) in [5.74, 6) is -10.6. The predicted molar refractivity (Wildman–Crippen MR) is 122 cm³/mol. The average molecular weight is 550 g/mol. The average Bonchev–Trinajstić information content (AvgIpc) is 2.82. The van der Waals surface area contributed by atoms with E-state index < -0.39 is 72.2 Å². The fourth-order valence-electron chi connectivity index (χ4n) is 5.68. The first-order chi connectivity index (χ1) is 17.7. The number of hydrogen-bond donors (Lipinski definition) is 3. The smallest absolute Gasteiger partial charge is 0.356 e. The number of piperidine rings is 3.